The van der Waals surface area contributed by atoms with Crippen LogP contribution in [0.5, 0.6) is 11.6 Å². The van der Waals surface area contributed by atoms with E-state index < -0.39 is 23.3 Å². The number of hydrogen-bond donors (Lipinski definition) is 3. The number of allylic oxidation sites excluding steroid dienone is 1. The Kier molecular flexibility index (Phi) is 8.29. The summed E-state index contributed by atoms with van der Waals surface area (Å²) in [7, 11) is 0. The van der Waals surface area contributed by atoms with Crippen molar-refractivity contribution in [1.82, 2.24) is 9.71 Å². The van der Waals surface area contributed by atoms with Gasteiger partial charge >= 0.3 is 5.97 Å². The first-order chi connectivity index (χ1) is 15.7. The van der Waals surface area contributed by atoms with E-state index in [4.69, 9.17) is 32.9 Å². The summed E-state index contributed by atoms with van der Waals surface area (Å²) in [6.45, 7) is 5.49. The Morgan fingerprint density at radius 2 is 1.76 bits per heavy atom. The van der Waals surface area contributed by atoms with Crippen LogP contribution in [0.3, 0.4) is 0 Å². The smallest absolute Gasteiger partial charge is 0.312 e. The molecule has 0 aliphatic heterocycles. The standard InChI is InChI=1S/C25H26Cl2N2O3S/c1-15(2)25(24(30)31,16(3)13-20(26)27)23(29-33)22-19-12-8-7-9-17(19)14-21(28-22)32-18-10-5-4-6-11-18/h4-16,23,29,33H,1-3H3,(H,30,31). The number of rotatable bonds is 9. The summed E-state index contributed by atoms with van der Waals surface area (Å²) in [6, 6.07) is 18.0. The van der Waals surface area contributed by atoms with E-state index in [0.717, 1.165) is 10.8 Å². The molecule has 33 heavy (non-hydrogen) atoms. The molecule has 0 fully saturated rings. The predicted octanol–water partition coefficient (Wildman–Crippen LogP) is 7.18. The number of carboxylic acid groups (broad SMARTS) is 1. The number of carboxylic acids is 1. The summed E-state index contributed by atoms with van der Waals surface area (Å²) >= 11 is 16.3. The lowest BCUT2D eigenvalue weighted by Gasteiger charge is -2.43. The lowest BCUT2D eigenvalue weighted by Crippen LogP contribution is -2.50. The summed E-state index contributed by atoms with van der Waals surface area (Å²) in [6.07, 6.45) is 1.54. The maximum Gasteiger partial charge on any atom is 0.312 e. The molecule has 2 aromatic carbocycles. The molecule has 3 rings (SSSR count). The Balaban J connectivity index is 2.27. The highest BCUT2D eigenvalue weighted by molar-refractivity contribution is 7.78. The van der Waals surface area contributed by atoms with Crippen molar-refractivity contribution >= 4 is 52.8 Å². The highest BCUT2D eigenvalue weighted by atomic mass is 35.5. The van der Waals surface area contributed by atoms with E-state index in [1.807, 2.05) is 74.5 Å². The molecule has 0 spiro atoms. The van der Waals surface area contributed by atoms with Gasteiger partial charge in [-0.2, -0.15) is 0 Å². The molecule has 0 radical (unpaired) electrons. The van der Waals surface area contributed by atoms with Crippen molar-refractivity contribution in [2.24, 2.45) is 17.3 Å². The Bertz CT molecular complexity index is 1150. The number of aromatic nitrogens is 1. The minimum absolute atomic E-state index is 0.00525. The SMILES string of the molecule is CC(C)C(C(=O)O)(C(C)C=C(Cl)Cl)C(NS)c1nc(Oc2ccccc2)cc2ccccc12. The fourth-order valence-electron chi connectivity index (χ4n) is 4.49. The van der Waals surface area contributed by atoms with E-state index in [1.54, 1.807) is 13.0 Å². The number of aliphatic carboxylic acids is 1. The van der Waals surface area contributed by atoms with Crippen LogP contribution >= 0.6 is 36.0 Å². The number of halogens is 2. The molecule has 5 nitrogen and oxygen atoms in total. The summed E-state index contributed by atoms with van der Waals surface area (Å²) in [4.78, 5) is 17.7. The molecule has 174 valence electrons. The molecular formula is C25H26Cl2N2O3S. The van der Waals surface area contributed by atoms with E-state index in [9.17, 15) is 9.90 Å². The van der Waals surface area contributed by atoms with Crippen LogP contribution in [0.15, 0.2) is 71.2 Å². The number of carbonyl (C=O) groups is 1. The largest absolute Gasteiger partial charge is 0.481 e. The molecule has 1 heterocycles. The van der Waals surface area contributed by atoms with Crippen LogP contribution in [0.2, 0.25) is 0 Å². The van der Waals surface area contributed by atoms with Crippen LogP contribution in [0.1, 0.15) is 32.5 Å². The van der Waals surface area contributed by atoms with E-state index >= 15 is 0 Å². The van der Waals surface area contributed by atoms with Crippen LogP contribution in [-0.2, 0) is 4.79 Å². The fourth-order valence-corrected chi connectivity index (χ4v) is 5.20. The lowest BCUT2D eigenvalue weighted by atomic mass is 9.62. The number of fused-ring (bicyclic) bond motifs is 1. The third-order valence-corrected chi connectivity index (χ3v) is 6.56. The van der Waals surface area contributed by atoms with Gasteiger partial charge < -0.3 is 9.84 Å². The van der Waals surface area contributed by atoms with Gasteiger partial charge in [0.15, 0.2) is 0 Å². The van der Waals surface area contributed by atoms with Gasteiger partial charge in [-0.3, -0.25) is 9.52 Å². The van der Waals surface area contributed by atoms with Gasteiger partial charge in [0.05, 0.1) is 17.2 Å². The number of pyridine rings is 1. The molecular weight excluding hydrogens is 479 g/mol. The molecule has 2 N–H and O–H groups in total. The quantitative estimate of drug-likeness (QED) is 0.269. The van der Waals surface area contributed by atoms with Gasteiger partial charge in [-0.1, -0.05) is 105 Å². The van der Waals surface area contributed by atoms with Crippen molar-refractivity contribution in [3.8, 4) is 11.6 Å². The first kappa shape index (κ1) is 25.4. The molecule has 0 amide bonds. The maximum atomic E-state index is 12.9. The summed E-state index contributed by atoms with van der Waals surface area (Å²) in [5, 5.41) is 12.2. The molecule has 3 aromatic rings. The minimum Gasteiger partial charge on any atom is -0.481 e. The van der Waals surface area contributed by atoms with Gasteiger partial charge in [-0.05, 0) is 29.4 Å². The third kappa shape index (κ3) is 5.14. The van der Waals surface area contributed by atoms with Gasteiger partial charge in [0, 0.05) is 11.5 Å². The average Bonchev–Trinajstić information content (AvgIpc) is 2.76. The van der Waals surface area contributed by atoms with E-state index in [0.29, 0.717) is 17.3 Å². The van der Waals surface area contributed by atoms with E-state index in [-0.39, 0.29) is 10.4 Å². The predicted molar refractivity (Wildman–Crippen MR) is 137 cm³/mol. The van der Waals surface area contributed by atoms with E-state index in [1.165, 1.54) is 0 Å². The Morgan fingerprint density at radius 3 is 2.33 bits per heavy atom. The molecule has 0 bridgehead atoms. The van der Waals surface area contributed by atoms with Crippen molar-refractivity contribution in [2.45, 2.75) is 26.8 Å². The molecule has 0 saturated heterocycles. The van der Waals surface area contributed by atoms with Crippen molar-refractivity contribution in [2.75, 3.05) is 0 Å². The Hall–Kier alpha value is -2.25. The van der Waals surface area contributed by atoms with Crippen molar-refractivity contribution < 1.29 is 14.6 Å². The number of nitrogens with zero attached hydrogens (tertiary/aromatic N) is 1. The number of thiol groups is 1. The zero-order chi connectivity index (χ0) is 24.2. The average molecular weight is 505 g/mol. The summed E-state index contributed by atoms with van der Waals surface area (Å²) < 4.78 is 8.96. The van der Waals surface area contributed by atoms with Crippen LogP contribution in [0.25, 0.3) is 10.8 Å². The highest BCUT2D eigenvalue weighted by Gasteiger charge is 2.53. The number of ether oxygens (including phenoxy) is 1. The topological polar surface area (TPSA) is 71.5 Å². The van der Waals surface area contributed by atoms with Gasteiger partial charge in [0.2, 0.25) is 5.88 Å². The van der Waals surface area contributed by atoms with Crippen LogP contribution in [0, 0.1) is 17.3 Å². The van der Waals surface area contributed by atoms with Gasteiger partial charge in [-0.15, -0.1) is 0 Å². The third-order valence-electron chi connectivity index (χ3n) is 6.05. The van der Waals surface area contributed by atoms with Crippen molar-refractivity contribution in [3.05, 3.63) is 76.9 Å². The molecule has 0 aliphatic rings. The molecule has 1 aromatic heterocycles. The second-order valence-electron chi connectivity index (χ2n) is 8.18. The van der Waals surface area contributed by atoms with Gasteiger partial charge in [-0.25, -0.2) is 4.98 Å². The first-order valence-corrected chi connectivity index (χ1v) is 11.7. The van der Waals surface area contributed by atoms with Gasteiger partial charge in [0.25, 0.3) is 0 Å². The molecule has 0 saturated carbocycles. The van der Waals surface area contributed by atoms with Crippen molar-refractivity contribution in [1.29, 1.82) is 0 Å². The molecule has 0 aliphatic carbocycles. The summed E-state index contributed by atoms with van der Waals surface area (Å²) in [5.74, 6) is -0.922. The normalized spacial score (nSPS) is 15.0. The molecule has 3 unspecified atom stereocenters. The monoisotopic (exact) mass is 504 g/mol. The number of para-hydroxylation sites is 1. The van der Waals surface area contributed by atoms with Gasteiger partial charge in [0.1, 0.15) is 10.2 Å². The lowest BCUT2D eigenvalue weighted by molar-refractivity contribution is -0.157. The Morgan fingerprint density at radius 1 is 1.12 bits per heavy atom. The van der Waals surface area contributed by atoms with Crippen LogP contribution in [0.4, 0.5) is 0 Å². The first-order valence-electron chi connectivity index (χ1n) is 10.5. The second-order valence-corrected chi connectivity index (χ2v) is 9.45. The minimum atomic E-state index is -1.38. The fraction of sp³-hybridized carbons (Fsp3) is 0.280. The summed E-state index contributed by atoms with van der Waals surface area (Å²) in [5.41, 5.74) is -0.867. The number of hydrogen-bond acceptors (Lipinski definition) is 5. The number of nitrogens with one attached hydrogen (secondary N) is 1. The molecule has 8 heteroatoms. The zero-order valence-corrected chi connectivity index (χ0v) is 20.9. The Labute approximate surface area is 209 Å². The van der Waals surface area contributed by atoms with Crippen LogP contribution < -0.4 is 9.46 Å². The molecule has 3 atom stereocenters. The zero-order valence-electron chi connectivity index (χ0n) is 18.5. The maximum absolute atomic E-state index is 12.9. The number of benzene rings is 2. The van der Waals surface area contributed by atoms with Crippen molar-refractivity contribution in [3.63, 3.8) is 0 Å². The highest BCUT2D eigenvalue weighted by Crippen LogP contribution is 2.49. The van der Waals surface area contributed by atoms with Crippen LogP contribution in [-0.4, -0.2) is 16.1 Å². The second kappa shape index (κ2) is 10.8. The van der Waals surface area contributed by atoms with E-state index in [2.05, 4.69) is 17.5 Å².